The molecule has 0 aliphatic heterocycles. The Labute approximate surface area is 127 Å². The Morgan fingerprint density at radius 1 is 1.24 bits per heavy atom. The largest absolute Gasteiger partial charge is 0.383 e. The number of benzene rings is 1. The lowest BCUT2D eigenvalue weighted by molar-refractivity contribution is 0.197. The van der Waals surface area contributed by atoms with Crippen molar-refractivity contribution in [2.75, 3.05) is 20.3 Å². The van der Waals surface area contributed by atoms with E-state index in [0.717, 1.165) is 21.6 Å². The van der Waals surface area contributed by atoms with Crippen LogP contribution in [-0.4, -0.2) is 25.2 Å². The number of hydrogen-bond acceptors (Lipinski definition) is 4. The molecule has 0 radical (unpaired) electrons. The molecule has 1 unspecified atom stereocenters. The fourth-order valence-electron chi connectivity index (χ4n) is 2.02. The van der Waals surface area contributed by atoms with Gasteiger partial charge in [-0.1, -0.05) is 0 Å². The minimum atomic E-state index is -0.589. The minimum absolute atomic E-state index is 0.345. The van der Waals surface area contributed by atoms with Crippen molar-refractivity contribution in [3.63, 3.8) is 0 Å². The van der Waals surface area contributed by atoms with Crippen LogP contribution in [0.3, 0.4) is 0 Å². The Morgan fingerprint density at radius 2 is 1.90 bits per heavy atom. The topological polar surface area (TPSA) is 34.1 Å². The summed E-state index contributed by atoms with van der Waals surface area (Å²) in [6.45, 7) is 4.98. The van der Waals surface area contributed by atoms with E-state index in [4.69, 9.17) is 4.74 Å². The van der Waals surface area contributed by atoms with Crippen molar-refractivity contribution in [1.29, 1.82) is 0 Å². The second-order valence-electron chi connectivity index (χ2n) is 4.78. The first kappa shape index (κ1) is 16.0. The Hall–Kier alpha value is -1.37. The van der Waals surface area contributed by atoms with Crippen LogP contribution in [-0.2, 0) is 4.74 Å². The van der Waals surface area contributed by atoms with Gasteiger partial charge in [0, 0.05) is 24.6 Å². The average molecular weight is 312 g/mol. The van der Waals surface area contributed by atoms with E-state index in [0.29, 0.717) is 18.7 Å². The molecular formula is C15H18F2N2OS. The average Bonchev–Trinajstić information content (AvgIpc) is 2.73. The second-order valence-corrected chi connectivity index (χ2v) is 6.01. The number of rotatable bonds is 6. The van der Waals surface area contributed by atoms with E-state index in [1.54, 1.807) is 7.11 Å². The van der Waals surface area contributed by atoms with Gasteiger partial charge in [0.05, 0.1) is 18.3 Å². The number of thiazole rings is 1. The Bertz CT molecular complexity index is 576. The number of methoxy groups -OCH3 is 1. The van der Waals surface area contributed by atoms with Gasteiger partial charge in [-0.2, -0.15) is 0 Å². The quantitative estimate of drug-likeness (QED) is 0.831. The van der Waals surface area contributed by atoms with Gasteiger partial charge < -0.3 is 10.1 Å². The number of aromatic nitrogens is 1. The van der Waals surface area contributed by atoms with Crippen LogP contribution >= 0.6 is 11.3 Å². The number of aryl methyl sites for hydroxylation is 2. The molecule has 6 heteroatoms. The maximum atomic E-state index is 13.5. The molecule has 3 nitrogen and oxygen atoms in total. The number of ether oxygens (including phenoxy) is 1. The first-order chi connectivity index (χ1) is 10.0. The highest BCUT2D eigenvalue weighted by Gasteiger charge is 2.19. The first-order valence-electron chi connectivity index (χ1n) is 6.63. The molecule has 1 atom stereocenters. The smallest absolute Gasteiger partial charge is 0.126 e. The molecule has 0 saturated carbocycles. The Morgan fingerprint density at radius 3 is 2.43 bits per heavy atom. The van der Waals surface area contributed by atoms with Gasteiger partial charge in [0.2, 0.25) is 0 Å². The van der Waals surface area contributed by atoms with Crippen LogP contribution in [0.4, 0.5) is 8.78 Å². The van der Waals surface area contributed by atoms with Gasteiger partial charge in [-0.3, -0.25) is 0 Å². The third-order valence-electron chi connectivity index (χ3n) is 3.16. The van der Waals surface area contributed by atoms with Crippen molar-refractivity contribution >= 4 is 11.3 Å². The maximum Gasteiger partial charge on any atom is 0.126 e. The number of halogens is 2. The van der Waals surface area contributed by atoms with Crippen LogP contribution in [0.1, 0.15) is 27.2 Å². The fraction of sp³-hybridized carbons (Fsp3) is 0.400. The maximum absolute atomic E-state index is 13.5. The molecule has 1 aromatic heterocycles. The number of hydrogen-bond donors (Lipinski definition) is 1. The molecule has 0 fully saturated rings. The third kappa shape index (κ3) is 4.06. The fourth-order valence-corrected chi connectivity index (χ4v) is 3.04. The minimum Gasteiger partial charge on any atom is -0.383 e. The van der Waals surface area contributed by atoms with Crippen molar-refractivity contribution in [3.8, 4) is 0 Å². The molecule has 1 aromatic carbocycles. The normalized spacial score (nSPS) is 12.6. The molecule has 1 heterocycles. The molecule has 0 amide bonds. The summed E-state index contributed by atoms with van der Waals surface area (Å²) in [7, 11) is 1.61. The Balaban J connectivity index is 2.34. The van der Waals surface area contributed by atoms with E-state index >= 15 is 0 Å². The Kier molecular flexibility index (Phi) is 5.39. The second kappa shape index (κ2) is 7.06. The van der Waals surface area contributed by atoms with Gasteiger partial charge >= 0.3 is 0 Å². The van der Waals surface area contributed by atoms with Crippen molar-refractivity contribution in [3.05, 3.63) is 51.0 Å². The lowest BCUT2D eigenvalue weighted by Crippen LogP contribution is -2.26. The van der Waals surface area contributed by atoms with Crippen LogP contribution in [0, 0.1) is 25.5 Å². The highest BCUT2D eigenvalue weighted by molar-refractivity contribution is 7.11. The van der Waals surface area contributed by atoms with E-state index in [2.05, 4.69) is 10.3 Å². The molecule has 2 rings (SSSR count). The van der Waals surface area contributed by atoms with Gasteiger partial charge in [0.1, 0.15) is 16.6 Å². The molecule has 114 valence electrons. The van der Waals surface area contributed by atoms with Crippen molar-refractivity contribution < 1.29 is 13.5 Å². The van der Waals surface area contributed by atoms with E-state index in [1.165, 1.54) is 23.5 Å². The third-order valence-corrected chi connectivity index (χ3v) is 4.30. The van der Waals surface area contributed by atoms with Crippen molar-refractivity contribution in [1.82, 2.24) is 10.3 Å². The first-order valence-corrected chi connectivity index (χ1v) is 7.45. The summed E-state index contributed by atoms with van der Waals surface area (Å²) in [5, 5.41) is 4.04. The molecule has 0 aliphatic rings. The summed E-state index contributed by atoms with van der Waals surface area (Å²) < 4.78 is 31.9. The lowest BCUT2D eigenvalue weighted by atomic mass is 10.1. The van der Waals surface area contributed by atoms with Crippen LogP contribution in [0.2, 0.25) is 0 Å². The molecule has 1 N–H and O–H groups in total. The zero-order valence-electron chi connectivity index (χ0n) is 12.2. The van der Waals surface area contributed by atoms with Gasteiger partial charge in [-0.25, -0.2) is 13.8 Å². The van der Waals surface area contributed by atoms with Crippen LogP contribution in [0.15, 0.2) is 18.2 Å². The molecule has 0 saturated heterocycles. The summed E-state index contributed by atoms with van der Waals surface area (Å²) in [5.41, 5.74) is 1.46. The number of nitrogens with one attached hydrogen (secondary N) is 1. The summed E-state index contributed by atoms with van der Waals surface area (Å²) in [4.78, 5) is 5.59. The number of nitrogens with zero attached hydrogens (tertiary/aromatic N) is 1. The van der Waals surface area contributed by atoms with E-state index in [9.17, 15) is 8.78 Å². The monoisotopic (exact) mass is 312 g/mol. The van der Waals surface area contributed by atoms with Gasteiger partial charge in [-0.05, 0) is 31.5 Å². The van der Waals surface area contributed by atoms with Crippen molar-refractivity contribution in [2.24, 2.45) is 0 Å². The van der Waals surface area contributed by atoms with Gasteiger partial charge in [0.15, 0.2) is 0 Å². The van der Waals surface area contributed by atoms with Gasteiger partial charge in [0.25, 0.3) is 0 Å². The predicted octanol–water partition coefficient (Wildman–Crippen LogP) is 3.36. The standard InChI is InChI=1S/C15H18F2N2OS/c1-9-10(2)21-15(19-9)14(18-4-5-20-3)11-6-12(16)8-13(17)7-11/h6-8,14,18H,4-5H2,1-3H3. The molecule has 0 bridgehead atoms. The van der Waals surface area contributed by atoms with E-state index in [1.807, 2.05) is 13.8 Å². The van der Waals surface area contributed by atoms with Crippen LogP contribution in [0.25, 0.3) is 0 Å². The van der Waals surface area contributed by atoms with E-state index in [-0.39, 0.29) is 6.04 Å². The zero-order valence-corrected chi connectivity index (χ0v) is 13.1. The summed E-state index contributed by atoms with van der Waals surface area (Å²) in [6, 6.07) is 3.19. The highest BCUT2D eigenvalue weighted by atomic mass is 32.1. The predicted molar refractivity (Wildman–Crippen MR) is 79.7 cm³/mol. The summed E-state index contributed by atoms with van der Waals surface area (Å²) >= 11 is 1.53. The summed E-state index contributed by atoms with van der Waals surface area (Å²) in [6.07, 6.45) is 0. The van der Waals surface area contributed by atoms with E-state index < -0.39 is 11.6 Å². The zero-order chi connectivity index (χ0) is 15.4. The molecule has 21 heavy (non-hydrogen) atoms. The summed E-state index contributed by atoms with van der Waals surface area (Å²) in [5.74, 6) is -1.18. The van der Waals surface area contributed by atoms with Crippen LogP contribution < -0.4 is 5.32 Å². The van der Waals surface area contributed by atoms with Crippen LogP contribution in [0.5, 0.6) is 0 Å². The lowest BCUT2D eigenvalue weighted by Gasteiger charge is -2.17. The SMILES string of the molecule is COCCNC(c1cc(F)cc(F)c1)c1nc(C)c(C)s1. The molecule has 2 aromatic rings. The van der Waals surface area contributed by atoms with Crippen molar-refractivity contribution in [2.45, 2.75) is 19.9 Å². The highest BCUT2D eigenvalue weighted by Crippen LogP contribution is 2.28. The molecule has 0 spiro atoms. The van der Waals surface area contributed by atoms with Gasteiger partial charge in [-0.15, -0.1) is 11.3 Å². The molecular weight excluding hydrogens is 294 g/mol. The molecule has 0 aliphatic carbocycles.